The molecule has 0 saturated carbocycles. The van der Waals surface area contributed by atoms with E-state index in [1.54, 1.807) is 0 Å². The minimum Gasteiger partial charge on any atom is -0.360 e. The molecule has 2 amide bonds. The molecule has 1 saturated heterocycles. The van der Waals surface area contributed by atoms with Crippen LogP contribution in [0.15, 0.2) is 53.4 Å². The van der Waals surface area contributed by atoms with Crippen LogP contribution in [0.1, 0.15) is 17.5 Å². The summed E-state index contributed by atoms with van der Waals surface area (Å²) in [6, 6.07) is 13.3. The molecule has 0 spiro atoms. The molecule has 2 N–H and O–H groups in total. The molecule has 166 valence electrons. The normalized spacial score (nSPS) is 17.2. The van der Waals surface area contributed by atoms with Gasteiger partial charge in [0.05, 0.1) is 18.0 Å². The highest BCUT2D eigenvalue weighted by Gasteiger charge is 2.34. The van der Waals surface area contributed by atoms with E-state index < -0.39 is 28.1 Å². The molecule has 10 heteroatoms. The van der Waals surface area contributed by atoms with Crippen molar-refractivity contribution in [2.24, 2.45) is 0 Å². The minimum absolute atomic E-state index is 0.0784. The quantitative estimate of drug-likeness (QED) is 0.633. The molecule has 0 aliphatic carbocycles. The third-order valence-corrected chi connectivity index (χ3v) is 7.07. The summed E-state index contributed by atoms with van der Waals surface area (Å²) in [6.45, 7) is 2.58. The van der Waals surface area contributed by atoms with Crippen molar-refractivity contribution in [2.45, 2.75) is 31.0 Å². The van der Waals surface area contributed by atoms with Crippen molar-refractivity contribution in [2.75, 3.05) is 19.7 Å². The van der Waals surface area contributed by atoms with Gasteiger partial charge in [0.25, 0.3) is 0 Å². The SMILES string of the molecule is Cc1ccccc1CNC(=O)C(=O)NC[C@@H]1OCCCN1S(=O)(=O)c1ccc(Cl)cc1. The maximum Gasteiger partial charge on any atom is 0.309 e. The average molecular weight is 466 g/mol. The highest BCUT2D eigenvalue weighted by molar-refractivity contribution is 7.89. The first kappa shape index (κ1) is 23.2. The molecule has 0 unspecified atom stereocenters. The van der Waals surface area contributed by atoms with E-state index in [1.165, 1.54) is 28.6 Å². The maximum absolute atomic E-state index is 13.0. The molecule has 2 aromatic carbocycles. The van der Waals surface area contributed by atoms with Gasteiger partial charge in [-0.15, -0.1) is 0 Å². The Morgan fingerprint density at radius 2 is 1.77 bits per heavy atom. The van der Waals surface area contributed by atoms with Crippen molar-refractivity contribution < 1.29 is 22.7 Å². The van der Waals surface area contributed by atoms with E-state index in [1.807, 2.05) is 31.2 Å². The molecule has 0 bridgehead atoms. The van der Waals surface area contributed by atoms with Gasteiger partial charge in [-0.1, -0.05) is 35.9 Å². The minimum atomic E-state index is -3.85. The molecule has 31 heavy (non-hydrogen) atoms. The van der Waals surface area contributed by atoms with Crippen LogP contribution >= 0.6 is 11.6 Å². The Kier molecular flexibility index (Phi) is 7.66. The third-order valence-electron chi connectivity index (χ3n) is 4.92. The van der Waals surface area contributed by atoms with Crippen LogP contribution in [-0.2, 0) is 30.9 Å². The van der Waals surface area contributed by atoms with Crippen LogP contribution in [0.5, 0.6) is 0 Å². The Labute approximate surface area is 186 Å². The van der Waals surface area contributed by atoms with Crippen LogP contribution in [0, 0.1) is 6.92 Å². The monoisotopic (exact) mass is 465 g/mol. The number of benzene rings is 2. The number of hydrogen-bond donors (Lipinski definition) is 2. The lowest BCUT2D eigenvalue weighted by Gasteiger charge is -2.34. The summed E-state index contributed by atoms with van der Waals surface area (Å²) in [5.74, 6) is -1.65. The summed E-state index contributed by atoms with van der Waals surface area (Å²) in [5.41, 5.74) is 1.90. The Bertz CT molecular complexity index is 1040. The lowest BCUT2D eigenvalue weighted by atomic mass is 10.1. The molecule has 0 aromatic heterocycles. The fourth-order valence-corrected chi connectivity index (χ4v) is 4.86. The van der Waals surface area contributed by atoms with Gasteiger partial charge in [0, 0.05) is 18.1 Å². The number of halogens is 1. The van der Waals surface area contributed by atoms with Crippen LogP contribution < -0.4 is 10.6 Å². The molecule has 1 aliphatic rings. The fraction of sp³-hybridized carbons (Fsp3) is 0.333. The summed E-state index contributed by atoms with van der Waals surface area (Å²) in [7, 11) is -3.85. The standard InChI is InChI=1S/C21H24ClN3O5S/c1-15-5-2-3-6-16(15)13-23-20(26)21(27)24-14-19-25(11-4-12-30-19)31(28,29)18-9-7-17(22)8-10-18/h2-3,5-10,19H,4,11-14H2,1H3,(H,23,26)(H,24,27)/t19-/m0/s1. The molecular weight excluding hydrogens is 442 g/mol. The van der Waals surface area contributed by atoms with Crippen LogP contribution in [0.25, 0.3) is 0 Å². The van der Waals surface area contributed by atoms with Crippen molar-refractivity contribution in [3.05, 3.63) is 64.7 Å². The first-order chi connectivity index (χ1) is 14.8. The van der Waals surface area contributed by atoms with Gasteiger partial charge in [0.2, 0.25) is 10.0 Å². The highest BCUT2D eigenvalue weighted by atomic mass is 35.5. The molecule has 1 aliphatic heterocycles. The second kappa shape index (κ2) is 10.2. The molecule has 8 nitrogen and oxygen atoms in total. The summed E-state index contributed by atoms with van der Waals surface area (Å²) >= 11 is 5.85. The predicted molar refractivity (Wildman–Crippen MR) is 116 cm³/mol. The molecule has 2 aromatic rings. The van der Waals surface area contributed by atoms with Crippen molar-refractivity contribution >= 4 is 33.4 Å². The number of amides is 2. The lowest BCUT2D eigenvalue weighted by Crippen LogP contribution is -2.53. The van der Waals surface area contributed by atoms with E-state index >= 15 is 0 Å². The van der Waals surface area contributed by atoms with Crippen LogP contribution in [0.4, 0.5) is 0 Å². The molecular formula is C21H24ClN3O5S. The van der Waals surface area contributed by atoms with Crippen molar-refractivity contribution in [3.63, 3.8) is 0 Å². The molecule has 1 atom stereocenters. The summed E-state index contributed by atoms with van der Waals surface area (Å²) in [4.78, 5) is 24.4. The average Bonchev–Trinajstić information content (AvgIpc) is 2.77. The zero-order valence-corrected chi connectivity index (χ0v) is 18.6. The van der Waals surface area contributed by atoms with Gasteiger partial charge < -0.3 is 15.4 Å². The number of nitrogens with one attached hydrogen (secondary N) is 2. The Balaban J connectivity index is 1.59. The summed E-state index contributed by atoms with van der Waals surface area (Å²) in [6.07, 6.45) is -0.392. The first-order valence-corrected chi connectivity index (χ1v) is 11.6. The van der Waals surface area contributed by atoms with Gasteiger partial charge in [-0.3, -0.25) is 9.59 Å². The van der Waals surface area contributed by atoms with E-state index in [9.17, 15) is 18.0 Å². The summed E-state index contributed by atoms with van der Waals surface area (Å²) in [5, 5.41) is 5.45. The predicted octanol–water partition coefficient (Wildman–Crippen LogP) is 1.82. The lowest BCUT2D eigenvalue weighted by molar-refractivity contribution is -0.140. The van der Waals surface area contributed by atoms with E-state index in [4.69, 9.17) is 16.3 Å². The topological polar surface area (TPSA) is 105 Å². The van der Waals surface area contributed by atoms with E-state index in [0.29, 0.717) is 18.1 Å². The van der Waals surface area contributed by atoms with Crippen molar-refractivity contribution in [1.82, 2.24) is 14.9 Å². The van der Waals surface area contributed by atoms with Crippen molar-refractivity contribution in [3.8, 4) is 0 Å². The van der Waals surface area contributed by atoms with Crippen LogP contribution in [0.2, 0.25) is 5.02 Å². The highest BCUT2D eigenvalue weighted by Crippen LogP contribution is 2.23. The van der Waals surface area contributed by atoms with Gasteiger partial charge in [-0.05, 0) is 48.7 Å². The van der Waals surface area contributed by atoms with E-state index in [0.717, 1.165) is 11.1 Å². The van der Waals surface area contributed by atoms with Crippen LogP contribution in [-0.4, -0.2) is 50.5 Å². The first-order valence-electron chi connectivity index (χ1n) is 9.78. The van der Waals surface area contributed by atoms with Gasteiger partial charge in [0.1, 0.15) is 6.23 Å². The Morgan fingerprint density at radius 1 is 1.10 bits per heavy atom. The maximum atomic E-state index is 13.0. The fourth-order valence-electron chi connectivity index (χ4n) is 3.17. The second-order valence-electron chi connectivity index (χ2n) is 7.07. The van der Waals surface area contributed by atoms with Crippen molar-refractivity contribution in [1.29, 1.82) is 0 Å². The number of rotatable bonds is 6. The van der Waals surface area contributed by atoms with E-state index in [2.05, 4.69) is 10.6 Å². The third kappa shape index (κ3) is 5.82. The Morgan fingerprint density at radius 3 is 2.48 bits per heavy atom. The molecule has 3 rings (SSSR count). The molecule has 0 radical (unpaired) electrons. The largest absolute Gasteiger partial charge is 0.360 e. The number of hydrogen-bond acceptors (Lipinski definition) is 5. The number of carbonyl (C=O) groups is 2. The number of ether oxygens (including phenoxy) is 1. The smallest absolute Gasteiger partial charge is 0.309 e. The molecule has 1 fully saturated rings. The number of aryl methyl sites for hydroxylation is 1. The van der Waals surface area contributed by atoms with Gasteiger partial charge >= 0.3 is 11.8 Å². The van der Waals surface area contributed by atoms with E-state index in [-0.39, 0.29) is 24.5 Å². The summed E-state index contributed by atoms with van der Waals surface area (Å²) < 4.78 is 32.7. The molecule has 1 heterocycles. The number of nitrogens with zero attached hydrogens (tertiary/aromatic N) is 1. The van der Waals surface area contributed by atoms with Gasteiger partial charge in [-0.2, -0.15) is 4.31 Å². The van der Waals surface area contributed by atoms with Gasteiger partial charge in [0.15, 0.2) is 0 Å². The number of sulfonamides is 1. The second-order valence-corrected chi connectivity index (χ2v) is 9.39. The van der Waals surface area contributed by atoms with Crippen LogP contribution in [0.3, 0.4) is 0 Å². The number of carbonyl (C=O) groups excluding carboxylic acids is 2. The van der Waals surface area contributed by atoms with Gasteiger partial charge in [-0.25, -0.2) is 8.42 Å². The zero-order chi connectivity index (χ0) is 22.4. The zero-order valence-electron chi connectivity index (χ0n) is 17.0. The Hall–Kier alpha value is -2.46.